The molecule has 0 saturated carbocycles. The van der Waals surface area contributed by atoms with E-state index in [9.17, 15) is 4.79 Å². The maximum atomic E-state index is 11.7. The number of hydrogen-bond donors (Lipinski definition) is 1. The van der Waals surface area contributed by atoms with E-state index in [2.05, 4.69) is 4.98 Å². The van der Waals surface area contributed by atoms with Crippen molar-refractivity contribution in [2.45, 2.75) is 0 Å². The summed E-state index contributed by atoms with van der Waals surface area (Å²) in [6.07, 6.45) is 3.05. The molecule has 0 spiro atoms. The van der Waals surface area contributed by atoms with Crippen molar-refractivity contribution >= 4 is 5.69 Å². The quantitative estimate of drug-likeness (QED) is 0.753. The minimum absolute atomic E-state index is 0.122. The molecule has 0 fully saturated rings. The summed E-state index contributed by atoms with van der Waals surface area (Å²) >= 11 is 0. The Hall–Kier alpha value is -2.61. The standard InChI is InChI=1S/C11H8N4O/c12-7-8-3-1-5-14-10(8)15-6-2-4-9(13)11(15)16/h1-6H,13H2. The molecular formula is C11H8N4O. The molecule has 0 aromatic carbocycles. The summed E-state index contributed by atoms with van der Waals surface area (Å²) < 4.78 is 1.26. The van der Waals surface area contributed by atoms with E-state index in [0.29, 0.717) is 11.4 Å². The Labute approximate surface area is 91.4 Å². The van der Waals surface area contributed by atoms with Crippen molar-refractivity contribution in [3.63, 3.8) is 0 Å². The first-order valence-corrected chi connectivity index (χ1v) is 4.56. The zero-order valence-electron chi connectivity index (χ0n) is 8.29. The van der Waals surface area contributed by atoms with Crippen LogP contribution >= 0.6 is 0 Å². The number of rotatable bonds is 1. The predicted molar refractivity (Wildman–Crippen MR) is 59.0 cm³/mol. The highest BCUT2D eigenvalue weighted by molar-refractivity contribution is 5.45. The molecule has 2 aromatic heterocycles. The van der Waals surface area contributed by atoms with E-state index in [-0.39, 0.29) is 11.2 Å². The lowest BCUT2D eigenvalue weighted by Crippen LogP contribution is -2.21. The third kappa shape index (κ3) is 1.53. The molecule has 2 heterocycles. The van der Waals surface area contributed by atoms with Gasteiger partial charge in [-0.1, -0.05) is 0 Å². The van der Waals surface area contributed by atoms with E-state index >= 15 is 0 Å². The SMILES string of the molecule is N#Cc1cccnc1-n1cccc(N)c1=O. The summed E-state index contributed by atoms with van der Waals surface area (Å²) in [6.45, 7) is 0. The van der Waals surface area contributed by atoms with Crippen LogP contribution in [0, 0.1) is 11.3 Å². The number of anilines is 1. The third-order valence-corrected chi connectivity index (χ3v) is 2.11. The molecule has 0 saturated heterocycles. The van der Waals surface area contributed by atoms with Gasteiger partial charge < -0.3 is 5.73 Å². The fraction of sp³-hybridized carbons (Fsp3) is 0. The number of hydrogen-bond acceptors (Lipinski definition) is 4. The van der Waals surface area contributed by atoms with Gasteiger partial charge in [-0.05, 0) is 24.3 Å². The van der Waals surface area contributed by atoms with Gasteiger partial charge in [0.2, 0.25) is 0 Å². The molecule has 5 nitrogen and oxygen atoms in total. The number of nitrogens with zero attached hydrogens (tertiary/aromatic N) is 3. The van der Waals surface area contributed by atoms with Crippen molar-refractivity contribution in [2.75, 3.05) is 5.73 Å². The first-order chi connectivity index (χ1) is 7.74. The Morgan fingerprint density at radius 2 is 2.19 bits per heavy atom. The molecule has 0 unspecified atom stereocenters. The van der Waals surface area contributed by atoms with Crippen LogP contribution in [0.1, 0.15) is 5.56 Å². The van der Waals surface area contributed by atoms with Gasteiger partial charge in [-0.15, -0.1) is 0 Å². The zero-order valence-corrected chi connectivity index (χ0v) is 8.29. The highest BCUT2D eigenvalue weighted by Crippen LogP contribution is 2.08. The van der Waals surface area contributed by atoms with Crippen LogP contribution in [-0.2, 0) is 0 Å². The zero-order chi connectivity index (χ0) is 11.5. The second-order valence-corrected chi connectivity index (χ2v) is 3.13. The summed E-state index contributed by atoms with van der Waals surface area (Å²) in [5.41, 5.74) is 5.58. The summed E-state index contributed by atoms with van der Waals surface area (Å²) in [5.74, 6) is 0.294. The summed E-state index contributed by atoms with van der Waals surface area (Å²) in [7, 11) is 0. The molecule has 78 valence electrons. The highest BCUT2D eigenvalue weighted by Gasteiger charge is 2.07. The maximum Gasteiger partial charge on any atom is 0.279 e. The molecule has 0 aliphatic carbocycles. The molecule has 16 heavy (non-hydrogen) atoms. The summed E-state index contributed by atoms with van der Waals surface area (Å²) in [6, 6.07) is 8.35. The Morgan fingerprint density at radius 3 is 2.94 bits per heavy atom. The fourth-order valence-electron chi connectivity index (χ4n) is 1.35. The molecule has 0 radical (unpaired) electrons. The van der Waals surface area contributed by atoms with E-state index in [1.165, 1.54) is 23.0 Å². The van der Waals surface area contributed by atoms with Gasteiger partial charge in [0.25, 0.3) is 5.56 Å². The molecule has 2 rings (SSSR count). The van der Waals surface area contributed by atoms with Gasteiger partial charge in [-0.3, -0.25) is 9.36 Å². The largest absolute Gasteiger partial charge is 0.394 e. The Balaban J connectivity index is 2.74. The second-order valence-electron chi connectivity index (χ2n) is 3.13. The van der Waals surface area contributed by atoms with E-state index in [4.69, 9.17) is 11.0 Å². The van der Waals surface area contributed by atoms with Gasteiger partial charge in [0.05, 0.1) is 11.3 Å². The van der Waals surface area contributed by atoms with Crippen LogP contribution in [0.3, 0.4) is 0 Å². The minimum atomic E-state index is -0.377. The van der Waals surface area contributed by atoms with Crippen LogP contribution < -0.4 is 11.3 Å². The lowest BCUT2D eigenvalue weighted by atomic mass is 10.2. The fourth-order valence-corrected chi connectivity index (χ4v) is 1.35. The van der Waals surface area contributed by atoms with Gasteiger partial charge in [0.15, 0.2) is 5.82 Å². The lowest BCUT2D eigenvalue weighted by Gasteiger charge is -2.06. The third-order valence-electron chi connectivity index (χ3n) is 2.11. The summed E-state index contributed by atoms with van der Waals surface area (Å²) in [5, 5.41) is 8.90. The van der Waals surface area contributed by atoms with Crippen LogP contribution in [0.25, 0.3) is 5.82 Å². The van der Waals surface area contributed by atoms with E-state index < -0.39 is 0 Å². The van der Waals surface area contributed by atoms with Crippen molar-refractivity contribution in [1.29, 1.82) is 5.26 Å². The van der Waals surface area contributed by atoms with Crippen LogP contribution in [0.15, 0.2) is 41.5 Å². The van der Waals surface area contributed by atoms with Gasteiger partial charge in [-0.25, -0.2) is 4.98 Å². The average Bonchev–Trinajstić information content (AvgIpc) is 2.33. The van der Waals surface area contributed by atoms with Crippen LogP contribution in [0.4, 0.5) is 5.69 Å². The van der Waals surface area contributed by atoms with Crippen molar-refractivity contribution < 1.29 is 0 Å². The van der Waals surface area contributed by atoms with E-state index in [1.807, 2.05) is 6.07 Å². The molecule has 2 aromatic rings. The van der Waals surface area contributed by atoms with Gasteiger partial charge in [0.1, 0.15) is 6.07 Å². The predicted octanol–water partition coefficient (Wildman–Crippen LogP) is 0.686. The van der Waals surface area contributed by atoms with Crippen molar-refractivity contribution in [2.24, 2.45) is 0 Å². The van der Waals surface area contributed by atoms with E-state index in [0.717, 1.165) is 0 Å². The monoisotopic (exact) mass is 212 g/mol. The molecule has 5 heteroatoms. The number of nitrogens with two attached hydrogens (primary N) is 1. The van der Waals surface area contributed by atoms with Crippen LogP contribution in [0.5, 0.6) is 0 Å². The second kappa shape index (κ2) is 3.87. The van der Waals surface area contributed by atoms with Crippen LogP contribution in [-0.4, -0.2) is 9.55 Å². The molecular weight excluding hydrogens is 204 g/mol. The smallest absolute Gasteiger partial charge is 0.279 e. The Kier molecular flexibility index (Phi) is 2.40. The minimum Gasteiger partial charge on any atom is -0.394 e. The molecule has 0 aliphatic heterocycles. The highest BCUT2D eigenvalue weighted by atomic mass is 16.1. The first-order valence-electron chi connectivity index (χ1n) is 4.56. The average molecular weight is 212 g/mol. The number of pyridine rings is 2. The number of nitriles is 1. The van der Waals surface area contributed by atoms with Gasteiger partial charge in [-0.2, -0.15) is 5.26 Å². The summed E-state index contributed by atoms with van der Waals surface area (Å²) in [4.78, 5) is 15.7. The lowest BCUT2D eigenvalue weighted by molar-refractivity contribution is 0.939. The van der Waals surface area contributed by atoms with Gasteiger partial charge >= 0.3 is 0 Å². The first kappa shape index (κ1) is 9.93. The molecule has 0 aliphatic rings. The van der Waals surface area contributed by atoms with Crippen molar-refractivity contribution in [3.8, 4) is 11.9 Å². The Bertz CT molecular complexity index is 624. The van der Waals surface area contributed by atoms with E-state index in [1.54, 1.807) is 18.2 Å². The molecule has 0 amide bonds. The maximum absolute atomic E-state index is 11.7. The topological polar surface area (TPSA) is 84.7 Å². The molecule has 2 N–H and O–H groups in total. The molecule has 0 atom stereocenters. The number of aromatic nitrogens is 2. The molecule has 0 bridgehead atoms. The normalized spacial score (nSPS) is 9.69. The van der Waals surface area contributed by atoms with Gasteiger partial charge in [0, 0.05) is 12.4 Å². The van der Waals surface area contributed by atoms with Crippen molar-refractivity contribution in [1.82, 2.24) is 9.55 Å². The number of nitrogen functional groups attached to an aromatic ring is 1. The van der Waals surface area contributed by atoms with Crippen LogP contribution in [0.2, 0.25) is 0 Å². The Morgan fingerprint density at radius 1 is 1.38 bits per heavy atom. The van der Waals surface area contributed by atoms with Crippen molar-refractivity contribution in [3.05, 3.63) is 52.6 Å².